The van der Waals surface area contributed by atoms with Crippen molar-refractivity contribution >= 4 is 17.9 Å². The van der Waals surface area contributed by atoms with Gasteiger partial charge in [-0.3, -0.25) is 14.4 Å². The first-order valence-corrected chi connectivity index (χ1v) is 28.6. The van der Waals surface area contributed by atoms with E-state index in [-0.39, 0.29) is 31.1 Å². The fourth-order valence-corrected chi connectivity index (χ4v) is 7.73. The molecule has 0 aliphatic rings. The van der Waals surface area contributed by atoms with Gasteiger partial charge in [0.15, 0.2) is 6.10 Å². The molecule has 0 saturated heterocycles. The maximum atomic E-state index is 12.9. The van der Waals surface area contributed by atoms with Gasteiger partial charge >= 0.3 is 17.9 Å². The molecule has 0 aromatic rings. The van der Waals surface area contributed by atoms with Crippen molar-refractivity contribution in [2.75, 3.05) is 13.2 Å². The molecule has 0 unspecified atom stereocenters. The summed E-state index contributed by atoms with van der Waals surface area (Å²) < 4.78 is 16.8. The fraction of sp³-hybridized carbons (Fsp3) is 0.726. The van der Waals surface area contributed by atoms with Gasteiger partial charge in [0.05, 0.1) is 0 Å². The van der Waals surface area contributed by atoms with Crippen LogP contribution in [0.4, 0.5) is 0 Å². The van der Waals surface area contributed by atoms with Crippen molar-refractivity contribution in [3.8, 4) is 0 Å². The average molecular weight is 948 g/mol. The van der Waals surface area contributed by atoms with E-state index in [2.05, 4.69) is 106 Å². The summed E-state index contributed by atoms with van der Waals surface area (Å²) in [6.45, 7) is 6.53. The molecule has 0 aromatic heterocycles. The minimum Gasteiger partial charge on any atom is -0.462 e. The third-order valence-electron chi connectivity index (χ3n) is 12.1. The molecule has 0 bridgehead atoms. The van der Waals surface area contributed by atoms with E-state index in [0.717, 1.165) is 109 Å². The third-order valence-corrected chi connectivity index (χ3v) is 12.1. The van der Waals surface area contributed by atoms with E-state index in [1.165, 1.54) is 122 Å². The Morgan fingerprint density at radius 1 is 0.294 bits per heavy atom. The van der Waals surface area contributed by atoms with Crippen LogP contribution in [0.25, 0.3) is 0 Å². The second kappa shape index (κ2) is 56.2. The van der Waals surface area contributed by atoms with E-state index in [1.54, 1.807) is 0 Å². The number of rotatable bonds is 51. The lowest BCUT2D eigenvalue weighted by atomic mass is 10.1. The summed E-state index contributed by atoms with van der Waals surface area (Å²) in [6, 6.07) is 0. The minimum absolute atomic E-state index is 0.0959. The van der Waals surface area contributed by atoms with Crippen molar-refractivity contribution in [2.45, 2.75) is 277 Å². The molecule has 0 aliphatic carbocycles. The van der Waals surface area contributed by atoms with Crippen molar-refractivity contribution in [2.24, 2.45) is 0 Å². The number of carbonyl (C=O) groups is 3. The van der Waals surface area contributed by atoms with Gasteiger partial charge in [-0.2, -0.15) is 0 Å². The lowest BCUT2D eigenvalue weighted by Crippen LogP contribution is -2.30. The zero-order valence-electron chi connectivity index (χ0n) is 44.6. The number of esters is 3. The van der Waals surface area contributed by atoms with Crippen molar-refractivity contribution in [1.29, 1.82) is 0 Å². The zero-order chi connectivity index (χ0) is 49.3. The van der Waals surface area contributed by atoms with Gasteiger partial charge in [-0.25, -0.2) is 0 Å². The van der Waals surface area contributed by atoms with Crippen molar-refractivity contribution in [3.63, 3.8) is 0 Å². The van der Waals surface area contributed by atoms with Gasteiger partial charge in [0.1, 0.15) is 13.2 Å². The van der Waals surface area contributed by atoms with Crippen molar-refractivity contribution in [1.82, 2.24) is 0 Å². The average Bonchev–Trinajstić information content (AvgIpc) is 3.34. The Morgan fingerprint density at radius 2 is 0.544 bits per heavy atom. The maximum Gasteiger partial charge on any atom is 0.306 e. The maximum absolute atomic E-state index is 12.9. The summed E-state index contributed by atoms with van der Waals surface area (Å²) in [5, 5.41) is 0. The van der Waals surface area contributed by atoms with Crippen LogP contribution in [0.2, 0.25) is 0 Å². The van der Waals surface area contributed by atoms with Crippen LogP contribution in [0.15, 0.2) is 85.1 Å². The highest BCUT2D eigenvalue weighted by atomic mass is 16.6. The topological polar surface area (TPSA) is 78.9 Å². The summed E-state index contributed by atoms with van der Waals surface area (Å²) in [4.78, 5) is 38.1. The number of unbranched alkanes of at least 4 members (excludes halogenated alkanes) is 26. The second-order valence-electron chi connectivity index (χ2n) is 18.8. The van der Waals surface area contributed by atoms with Gasteiger partial charge in [-0.1, -0.05) is 221 Å². The number of allylic oxidation sites excluding steroid dienone is 14. The largest absolute Gasteiger partial charge is 0.462 e. The van der Waals surface area contributed by atoms with Crippen LogP contribution in [0.3, 0.4) is 0 Å². The van der Waals surface area contributed by atoms with E-state index in [0.29, 0.717) is 19.3 Å². The van der Waals surface area contributed by atoms with Crippen molar-refractivity contribution < 1.29 is 28.6 Å². The number of carbonyl (C=O) groups excluding carboxylic acids is 3. The van der Waals surface area contributed by atoms with E-state index in [9.17, 15) is 14.4 Å². The summed E-state index contributed by atoms with van der Waals surface area (Å²) in [5.74, 6) is -0.940. The van der Waals surface area contributed by atoms with Crippen LogP contribution in [-0.4, -0.2) is 37.2 Å². The SMILES string of the molecule is CCCC/C=C\C/C=C\CCCCCCCC(=O)OC[C@H](COC(=O)CCCCC/C=C\C/C=C\C/C=C\C/C=C\CCCCC)OC(=O)CCCCCCCCC/C=C\CCCCCCCC. The predicted molar refractivity (Wildman–Crippen MR) is 293 cm³/mol. The zero-order valence-corrected chi connectivity index (χ0v) is 44.6. The molecule has 0 aliphatic heterocycles. The van der Waals surface area contributed by atoms with Gasteiger partial charge < -0.3 is 14.2 Å². The fourth-order valence-electron chi connectivity index (χ4n) is 7.73. The summed E-state index contributed by atoms with van der Waals surface area (Å²) in [5.41, 5.74) is 0. The minimum atomic E-state index is -0.799. The second-order valence-corrected chi connectivity index (χ2v) is 18.8. The molecule has 390 valence electrons. The molecule has 0 radical (unpaired) electrons. The molecule has 0 N–H and O–H groups in total. The molecule has 0 heterocycles. The van der Waals surface area contributed by atoms with Crippen LogP contribution < -0.4 is 0 Å². The standard InChI is InChI=1S/C62H106O6/c1-4-7-10-13-16-19-22-25-28-30-31-33-34-37-40-43-46-49-52-55-61(64)67-58-59(57-66-60(63)54-51-48-45-42-39-36-27-24-21-18-15-12-9-6-3)68-62(65)56-53-50-47-44-41-38-35-32-29-26-23-20-17-14-11-8-5-2/h15-16,18-19,24-29,31,33,37,40,59H,4-14,17,20-23,30,32,34-36,38-39,41-58H2,1-3H3/b18-15-,19-16-,27-24-,28-25-,29-26-,33-31-,40-37-/t59-/m1/s1. The molecular formula is C62H106O6. The molecule has 0 saturated carbocycles. The quantitative estimate of drug-likeness (QED) is 0.0262. The van der Waals surface area contributed by atoms with Crippen LogP contribution in [0.5, 0.6) is 0 Å². The monoisotopic (exact) mass is 947 g/mol. The van der Waals surface area contributed by atoms with E-state index >= 15 is 0 Å². The molecule has 1 atom stereocenters. The highest BCUT2D eigenvalue weighted by molar-refractivity contribution is 5.71. The van der Waals surface area contributed by atoms with Crippen molar-refractivity contribution in [3.05, 3.63) is 85.1 Å². The Balaban J connectivity index is 4.46. The Morgan fingerprint density at radius 3 is 0.926 bits per heavy atom. The highest BCUT2D eigenvalue weighted by Crippen LogP contribution is 2.14. The Kier molecular flexibility index (Phi) is 53.4. The Bertz CT molecular complexity index is 1320. The summed E-state index contributed by atoms with van der Waals surface area (Å²) in [7, 11) is 0. The van der Waals surface area contributed by atoms with Crippen LogP contribution in [-0.2, 0) is 28.6 Å². The molecular weight excluding hydrogens is 841 g/mol. The first-order valence-electron chi connectivity index (χ1n) is 28.6. The number of ether oxygens (including phenoxy) is 3. The molecule has 0 aromatic carbocycles. The lowest BCUT2D eigenvalue weighted by molar-refractivity contribution is -0.167. The molecule has 0 fully saturated rings. The molecule has 68 heavy (non-hydrogen) atoms. The third kappa shape index (κ3) is 53.5. The molecule has 6 nitrogen and oxygen atoms in total. The number of hydrogen-bond donors (Lipinski definition) is 0. The lowest BCUT2D eigenvalue weighted by Gasteiger charge is -2.18. The van der Waals surface area contributed by atoms with Gasteiger partial charge in [-0.15, -0.1) is 0 Å². The Hall–Kier alpha value is -3.41. The predicted octanol–water partition coefficient (Wildman–Crippen LogP) is 19.2. The highest BCUT2D eigenvalue weighted by Gasteiger charge is 2.19. The first-order chi connectivity index (χ1) is 33.5. The first kappa shape index (κ1) is 64.6. The molecule has 6 heteroatoms. The molecule has 0 amide bonds. The smallest absolute Gasteiger partial charge is 0.306 e. The Labute approximate surface area is 420 Å². The van der Waals surface area contributed by atoms with E-state index in [4.69, 9.17) is 14.2 Å². The van der Waals surface area contributed by atoms with Gasteiger partial charge in [0.25, 0.3) is 0 Å². The summed E-state index contributed by atoms with van der Waals surface area (Å²) >= 11 is 0. The molecule has 0 spiro atoms. The van der Waals surface area contributed by atoms with Crippen LogP contribution >= 0.6 is 0 Å². The normalized spacial score (nSPS) is 12.7. The van der Waals surface area contributed by atoms with Gasteiger partial charge in [0.2, 0.25) is 0 Å². The number of hydrogen-bond acceptors (Lipinski definition) is 6. The van der Waals surface area contributed by atoms with Crippen LogP contribution in [0.1, 0.15) is 271 Å². The van der Waals surface area contributed by atoms with Crippen LogP contribution in [0, 0.1) is 0 Å². The van der Waals surface area contributed by atoms with E-state index in [1.807, 2.05) is 0 Å². The van der Waals surface area contributed by atoms with Gasteiger partial charge in [0, 0.05) is 19.3 Å². The van der Waals surface area contributed by atoms with E-state index < -0.39 is 6.10 Å². The molecule has 0 rings (SSSR count). The van der Waals surface area contributed by atoms with Gasteiger partial charge in [-0.05, 0) is 116 Å². The summed E-state index contributed by atoms with van der Waals surface area (Å²) in [6.07, 6.45) is 72.8.